The highest BCUT2D eigenvalue weighted by Gasteiger charge is 2.22. The van der Waals surface area contributed by atoms with Gasteiger partial charge in [0, 0.05) is 37.3 Å². The monoisotopic (exact) mass is 430 g/mol. The molecule has 158 valence electrons. The van der Waals surface area contributed by atoms with Gasteiger partial charge in [-0.3, -0.25) is 4.90 Å². The number of hydrogen-bond donors (Lipinski definition) is 2. The van der Waals surface area contributed by atoms with Crippen LogP contribution in [-0.4, -0.2) is 50.4 Å². The molecule has 1 aromatic heterocycles. The van der Waals surface area contributed by atoms with Gasteiger partial charge in [0.2, 0.25) is 0 Å². The first kappa shape index (κ1) is 20.2. The van der Waals surface area contributed by atoms with E-state index in [0.717, 1.165) is 29.8 Å². The van der Waals surface area contributed by atoms with Crippen LogP contribution in [-0.2, 0) is 16.8 Å². The summed E-state index contributed by atoms with van der Waals surface area (Å²) in [5.41, 5.74) is 1.41. The van der Waals surface area contributed by atoms with Gasteiger partial charge in [-0.2, -0.15) is 13.6 Å². The number of rotatable bonds is 5. The Hall–Kier alpha value is -3.08. The quantitative estimate of drug-likeness (QED) is 0.642. The summed E-state index contributed by atoms with van der Waals surface area (Å²) in [4.78, 5) is 16.5. The van der Waals surface area contributed by atoms with E-state index in [1.807, 2.05) is 24.3 Å². The lowest BCUT2D eigenvalue weighted by molar-refractivity contribution is 0.137. The molecule has 9 nitrogen and oxygen atoms in total. The van der Waals surface area contributed by atoms with Crippen LogP contribution in [0.2, 0.25) is 0 Å². The Labute approximate surface area is 174 Å². The van der Waals surface area contributed by atoms with Crippen molar-refractivity contribution in [2.24, 2.45) is 5.14 Å². The minimum absolute atomic E-state index is 0.0784. The van der Waals surface area contributed by atoms with E-state index in [0.29, 0.717) is 25.3 Å². The number of para-hydroxylation sites is 1. The third kappa shape index (κ3) is 5.09. The van der Waals surface area contributed by atoms with Gasteiger partial charge in [-0.15, -0.1) is 0 Å². The molecule has 1 aliphatic heterocycles. The zero-order chi connectivity index (χ0) is 21.1. The predicted octanol–water partition coefficient (Wildman–Crippen LogP) is 2.36. The van der Waals surface area contributed by atoms with Crippen LogP contribution in [0, 0.1) is 0 Å². The fraction of sp³-hybridized carbons (Fsp3) is 0.250. The number of benzene rings is 2. The molecule has 30 heavy (non-hydrogen) atoms. The molecule has 1 aliphatic rings. The summed E-state index contributed by atoms with van der Waals surface area (Å²) in [5, 5.41) is 8.71. The molecule has 0 bridgehead atoms. The van der Waals surface area contributed by atoms with Gasteiger partial charge in [0.25, 0.3) is 0 Å². The van der Waals surface area contributed by atoms with Crippen molar-refractivity contribution in [3.63, 3.8) is 0 Å². The van der Waals surface area contributed by atoms with Crippen molar-refractivity contribution in [3.8, 4) is 5.75 Å². The normalized spacial score (nSPS) is 15.3. The van der Waals surface area contributed by atoms with Crippen molar-refractivity contribution < 1.29 is 21.8 Å². The maximum absolute atomic E-state index is 12.5. The number of amides is 2. The van der Waals surface area contributed by atoms with E-state index >= 15 is 0 Å². The molecule has 2 aromatic carbocycles. The fourth-order valence-corrected chi connectivity index (χ4v) is 3.75. The number of nitrogens with one attached hydrogen (secondary N) is 1. The molecule has 0 saturated carbocycles. The van der Waals surface area contributed by atoms with Crippen LogP contribution in [0.1, 0.15) is 5.76 Å². The summed E-state index contributed by atoms with van der Waals surface area (Å²) in [6, 6.07) is 15.7. The van der Waals surface area contributed by atoms with Gasteiger partial charge >= 0.3 is 16.3 Å². The number of hydrogen-bond acceptors (Lipinski definition) is 6. The fourth-order valence-electron chi connectivity index (χ4n) is 3.37. The molecule has 0 radical (unpaired) electrons. The third-order valence-electron chi connectivity index (χ3n) is 4.83. The average molecular weight is 430 g/mol. The highest BCUT2D eigenvalue weighted by atomic mass is 32.2. The maximum atomic E-state index is 12.5. The van der Waals surface area contributed by atoms with E-state index < -0.39 is 10.3 Å². The number of urea groups is 1. The number of piperazine rings is 1. The van der Waals surface area contributed by atoms with Crippen LogP contribution in [0.5, 0.6) is 5.75 Å². The van der Waals surface area contributed by atoms with Crippen LogP contribution in [0.4, 0.5) is 10.5 Å². The largest absolute Gasteiger partial charge is 0.460 e. The van der Waals surface area contributed by atoms with Gasteiger partial charge in [0.15, 0.2) is 0 Å². The molecule has 0 aliphatic carbocycles. The summed E-state index contributed by atoms with van der Waals surface area (Å²) in [5.74, 6) is 0.991. The number of carbonyl (C=O) groups excluding carboxylic acids is 1. The SMILES string of the molecule is NS(=O)(=O)Oc1ccc(NC(=O)N2CCN(Cc3cc4ccccc4o3)CC2)cc1. The minimum Gasteiger partial charge on any atom is -0.460 e. The summed E-state index contributed by atoms with van der Waals surface area (Å²) in [6.07, 6.45) is 0. The van der Waals surface area contributed by atoms with Gasteiger partial charge in [-0.05, 0) is 36.4 Å². The van der Waals surface area contributed by atoms with Crippen molar-refractivity contribution in [2.75, 3.05) is 31.5 Å². The molecular formula is C20H22N4O5S. The molecule has 1 fully saturated rings. The predicted molar refractivity (Wildman–Crippen MR) is 112 cm³/mol. The zero-order valence-electron chi connectivity index (χ0n) is 16.2. The Bertz CT molecular complexity index is 1100. The summed E-state index contributed by atoms with van der Waals surface area (Å²) in [6.45, 7) is 3.38. The molecule has 0 atom stereocenters. The second kappa shape index (κ2) is 8.34. The summed E-state index contributed by atoms with van der Waals surface area (Å²) >= 11 is 0. The lowest BCUT2D eigenvalue weighted by atomic mass is 10.2. The van der Waals surface area contributed by atoms with E-state index in [2.05, 4.69) is 20.5 Å². The van der Waals surface area contributed by atoms with E-state index in [-0.39, 0.29) is 11.8 Å². The number of nitrogens with zero attached hydrogens (tertiary/aromatic N) is 2. The Morgan fingerprint density at radius 2 is 1.77 bits per heavy atom. The Morgan fingerprint density at radius 1 is 1.07 bits per heavy atom. The summed E-state index contributed by atoms with van der Waals surface area (Å²) in [7, 11) is -4.07. The van der Waals surface area contributed by atoms with Crippen molar-refractivity contribution in [1.82, 2.24) is 9.80 Å². The number of fused-ring (bicyclic) bond motifs is 1. The first-order valence-electron chi connectivity index (χ1n) is 9.44. The molecule has 2 heterocycles. The Kier molecular flexibility index (Phi) is 5.62. The van der Waals surface area contributed by atoms with Crippen molar-refractivity contribution in [1.29, 1.82) is 0 Å². The number of anilines is 1. The molecule has 2 amide bonds. The molecule has 3 aromatic rings. The lowest BCUT2D eigenvalue weighted by Crippen LogP contribution is -2.49. The second-order valence-electron chi connectivity index (χ2n) is 7.04. The Morgan fingerprint density at radius 3 is 2.43 bits per heavy atom. The molecule has 3 N–H and O–H groups in total. The van der Waals surface area contributed by atoms with Gasteiger partial charge in [-0.1, -0.05) is 18.2 Å². The zero-order valence-corrected chi connectivity index (χ0v) is 17.0. The Balaban J connectivity index is 1.27. The van der Waals surface area contributed by atoms with Gasteiger partial charge in [0.1, 0.15) is 17.1 Å². The maximum Gasteiger partial charge on any atom is 0.380 e. The van der Waals surface area contributed by atoms with Crippen LogP contribution < -0.4 is 14.6 Å². The molecule has 1 saturated heterocycles. The summed E-state index contributed by atoms with van der Waals surface area (Å²) < 4.78 is 32.3. The minimum atomic E-state index is -4.07. The third-order valence-corrected chi connectivity index (χ3v) is 5.26. The van der Waals surface area contributed by atoms with Crippen LogP contribution in [0.15, 0.2) is 59.0 Å². The lowest BCUT2D eigenvalue weighted by Gasteiger charge is -2.34. The van der Waals surface area contributed by atoms with Gasteiger partial charge in [-0.25, -0.2) is 4.79 Å². The number of nitrogens with two attached hydrogens (primary N) is 1. The molecule has 0 spiro atoms. The highest BCUT2D eigenvalue weighted by Crippen LogP contribution is 2.21. The van der Waals surface area contributed by atoms with E-state index in [4.69, 9.17) is 9.56 Å². The van der Waals surface area contributed by atoms with Crippen molar-refractivity contribution in [2.45, 2.75) is 6.54 Å². The van der Waals surface area contributed by atoms with Gasteiger partial charge in [0.05, 0.1) is 6.54 Å². The van der Waals surface area contributed by atoms with Crippen LogP contribution in [0.25, 0.3) is 11.0 Å². The number of carbonyl (C=O) groups is 1. The smallest absolute Gasteiger partial charge is 0.380 e. The van der Waals surface area contributed by atoms with E-state index in [9.17, 15) is 13.2 Å². The number of furan rings is 1. The molecular weight excluding hydrogens is 408 g/mol. The molecule has 4 rings (SSSR count). The highest BCUT2D eigenvalue weighted by molar-refractivity contribution is 7.84. The first-order chi connectivity index (χ1) is 14.4. The van der Waals surface area contributed by atoms with Gasteiger partial charge < -0.3 is 18.8 Å². The van der Waals surface area contributed by atoms with E-state index in [1.165, 1.54) is 12.1 Å². The molecule has 0 unspecified atom stereocenters. The van der Waals surface area contributed by atoms with Crippen molar-refractivity contribution in [3.05, 3.63) is 60.4 Å². The second-order valence-corrected chi connectivity index (χ2v) is 8.20. The topological polar surface area (TPSA) is 118 Å². The van der Waals surface area contributed by atoms with Crippen molar-refractivity contribution >= 4 is 33.0 Å². The van der Waals surface area contributed by atoms with E-state index in [1.54, 1.807) is 17.0 Å². The molecule has 10 heteroatoms. The first-order valence-corrected chi connectivity index (χ1v) is 10.9. The van der Waals surface area contributed by atoms with Crippen LogP contribution in [0.3, 0.4) is 0 Å². The standard InChI is InChI=1S/C20H22N4O5S/c21-30(26,27)29-17-7-5-16(6-8-17)22-20(25)24-11-9-23(10-12-24)14-18-13-15-3-1-2-4-19(15)28-18/h1-8,13H,9-12,14H2,(H,22,25)(H2,21,26,27). The van der Waals surface area contributed by atoms with Crippen LogP contribution >= 0.6 is 0 Å². The average Bonchev–Trinajstić information content (AvgIpc) is 3.11.